The van der Waals surface area contributed by atoms with Gasteiger partial charge in [-0.3, -0.25) is 4.79 Å². The van der Waals surface area contributed by atoms with Crippen LogP contribution in [-0.4, -0.2) is 18.4 Å². The molecule has 20 heavy (non-hydrogen) atoms. The number of ether oxygens (including phenoxy) is 1. The van der Waals surface area contributed by atoms with Gasteiger partial charge in [0.25, 0.3) is 5.91 Å². The molecule has 2 aromatic carbocycles. The predicted molar refractivity (Wildman–Crippen MR) is 85.6 cm³/mol. The summed E-state index contributed by atoms with van der Waals surface area (Å²) in [6, 6.07) is 17.2. The summed E-state index contributed by atoms with van der Waals surface area (Å²) in [6.45, 7) is -0.000284. The van der Waals surface area contributed by atoms with Crippen molar-refractivity contribution < 1.29 is 9.53 Å². The summed E-state index contributed by atoms with van der Waals surface area (Å²) < 4.78 is 6.56. The second kappa shape index (κ2) is 5.62. The van der Waals surface area contributed by atoms with Gasteiger partial charge in [-0.05, 0) is 59.0 Å². The SMILES string of the molecule is O=C1COC(c2ccc(I)cc2)=NN1c1ccccc1. The highest BCUT2D eigenvalue weighted by Crippen LogP contribution is 2.19. The number of hydrogen-bond donors (Lipinski definition) is 0. The number of halogens is 1. The molecule has 0 aromatic heterocycles. The fraction of sp³-hybridized carbons (Fsp3) is 0.0667. The van der Waals surface area contributed by atoms with Crippen molar-refractivity contribution in [3.63, 3.8) is 0 Å². The van der Waals surface area contributed by atoms with Crippen LogP contribution in [0.3, 0.4) is 0 Å². The summed E-state index contributed by atoms with van der Waals surface area (Å²) in [5.41, 5.74) is 1.60. The van der Waals surface area contributed by atoms with Crippen LogP contribution in [0.4, 0.5) is 5.69 Å². The molecule has 0 fully saturated rings. The summed E-state index contributed by atoms with van der Waals surface area (Å²) in [4.78, 5) is 11.9. The van der Waals surface area contributed by atoms with Crippen LogP contribution in [0.2, 0.25) is 0 Å². The summed E-state index contributed by atoms with van der Waals surface area (Å²) in [7, 11) is 0. The minimum atomic E-state index is -0.175. The Kier molecular flexibility index (Phi) is 3.68. The summed E-state index contributed by atoms with van der Waals surface area (Å²) in [5, 5.41) is 5.69. The standard InChI is InChI=1S/C15H11IN2O2/c16-12-8-6-11(7-9-12)15-17-18(14(19)10-20-15)13-4-2-1-3-5-13/h1-9H,10H2. The van der Waals surface area contributed by atoms with E-state index in [1.807, 2.05) is 54.6 Å². The van der Waals surface area contributed by atoms with Gasteiger partial charge in [-0.25, -0.2) is 0 Å². The molecule has 0 saturated heterocycles. The molecular weight excluding hydrogens is 367 g/mol. The Labute approximate surface area is 130 Å². The maximum Gasteiger partial charge on any atom is 0.285 e. The third kappa shape index (κ3) is 2.67. The molecule has 0 saturated carbocycles. The molecule has 2 aromatic rings. The first kappa shape index (κ1) is 13.1. The molecule has 0 atom stereocenters. The Balaban J connectivity index is 1.96. The van der Waals surface area contributed by atoms with E-state index in [9.17, 15) is 4.79 Å². The lowest BCUT2D eigenvalue weighted by Crippen LogP contribution is -2.36. The van der Waals surface area contributed by atoms with E-state index in [1.165, 1.54) is 5.01 Å². The molecule has 0 radical (unpaired) electrons. The largest absolute Gasteiger partial charge is 0.466 e. The predicted octanol–water partition coefficient (Wildman–Crippen LogP) is 3.02. The Hall–Kier alpha value is -1.89. The molecule has 1 heterocycles. The lowest BCUT2D eigenvalue weighted by molar-refractivity contribution is -0.121. The van der Waals surface area contributed by atoms with Crippen LogP contribution >= 0.6 is 22.6 Å². The molecule has 5 heteroatoms. The van der Waals surface area contributed by atoms with Gasteiger partial charge in [0, 0.05) is 9.13 Å². The quantitative estimate of drug-likeness (QED) is 0.754. The van der Waals surface area contributed by atoms with Gasteiger partial charge in [0.05, 0.1) is 5.69 Å². The van der Waals surface area contributed by atoms with E-state index in [2.05, 4.69) is 27.7 Å². The summed E-state index contributed by atoms with van der Waals surface area (Å²) in [6.07, 6.45) is 0. The van der Waals surface area contributed by atoms with Crippen LogP contribution in [0, 0.1) is 3.57 Å². The van der Waals surface area contributed by atoms with Crippen molar-refractivity contribution in [2.24, 2.45) is 5.10 Å². The van der Waals surface area contributed by atoms with Crippen LogP contribution in [0.15, 0.2) is 59.7 Å². The van der Waals surface area contributed by atoms with Gasteiger partial charge in [-0.1, -0.05) is 18.2 Å². The third-order valence-corrected chi connectivity index (χ3v) is 3.57. The van der Waals surface area contributed by atoms with Gasteiger partial charge in [0.1, 0.15) is 0 Å². The number of para-hydroxylation sites is 1. The van der Waals surface area contributed by atoms with Crippen LogP contribution in [0.5, 0.6) is 0 Å². The maximum atomic E-state index is 11.9. The van der Waals surface area contributed by atoms with Crippen molar-refractivity contribution in [2.45, 2.75) is 0 Å². The lowest BCUT2D eigenvalue weighted by Gasteiger charge is -2.23. The number of carbonyl (C=O) groups excluding carboxylic acids is 1. The molecule has 1 aliphatic rings. The van der Waals surface area contributed by atoms with E-state index in [4.69, 9.17) is 4.74 Å². The molecule has 100 valence electrons. The number of hydrogen-bond acceptors (Lipinski definition) is 3. The maximum absolute atomic E-state index is 11.9. The monoisotopic (exact) mass is 378 g/mol. The van der Waals surface area contributed by atoms with Crippen molar-refractivity contribution in [3.05, 3.63) is 63.7 Å². The molecule has 1 amide bonds. The van der Waals surface area contributed by atoms with Gasteiger partial charge < -0.3 is 4.74 Å². The van der Waals surface area contributed by atoms with Crippen molar-refractivity contribution in [3.8, 4) is 0 Å². The van der Waals surface area contributed by atoms with Crippen LogP contribution < -0.4 is 5.01 Å². The molecule has 1 aliphatic heterocycles. The Morgan fingerprint density at radius 3 is 2.45 bits per heavy atom. The summed E-state index contributed by atoms with van der Waals surface area (Å²) >= 11 is 2.24. The normalized spacial score (nSPS) is 14.8. The molecule has 4 nitrogen and oxygen atoms in total. The highest BCUT2D eigenvalue weighted by Gasteiger charge is 2.23. The van der Waals surface area contributed by atoms with E-state index in [0.717, 1.165) is 14.8 Å². The average Bonchev–Trinajstić information content (AvgIpc) is 2.50. The minimum Gasteiger partial charge on any atom is -0.466 e. The zero-order valence-corrected chi connectivity index (χ0v) is 12.6. The van der Waals surface area contributed by atoms with E-state index in [1.54, 1.807) is 0 Å². The van der Waals surface area contributed by atoms with Crippen LogP contribution in [0.1, 0.15) is 5.56 Å². The van der Waals surface area contributed by atoms with Crippen molar-refractivity contribution in [2.75, 3.05) is 11.6 Å². The zero-order valence-electron chi connectivity index (χ0n) is 10.5. The molecular formula is C15H11IN2O2. The molecule has 0 unspecified atom stereocenters. The van der Waals surface area contributed by atoms with E-state index in [-0.39, 0.29) is 12.5 Å². The smallest absolute Gasteiger partial charge is 0.285 e. The highest BCUT2D eigenvalue weighted by atomic mass is 127. The molecule has 0 spiro atoms. The zero-order chi connectivity index (χ0) is 13.9. The van der Waals surface area contributed by atoms with Gasteiger partial charge >= 0.3 is 0 Å². The molecule has 0 bridgehead atoms. The number of carbonyl (C=O) groups is 1. The van der Waals surface area contributed by atoms with Gasteiger partial charge in [0.2, 0.25) is 5.90 Å². The Morgan fingerprint density at radius 2 is 1.75 bits per heavy atom. The molecule has 0 N–H and O–H groups in total. The van der Waals surface area contributed by atoms with Crippen molar-refractivity contribution >= 4 is 40.1 Å². The van der Waals surface area contributed by atoms with Gasteiger partial charge in [-0.2, -0.15) is 5.01 Å². The topological polar surface area (TPSA) is 41.9 Å². The first-order chi connectivity index (χ1) is 9.74. The number of amides is 1. The fourth-order valence-corrected chi connectivity index (χ4v) is 2.23. The Bertz CT molecular complexity index is 653. The molecule has 0 aliphatic carbocycles. The Morgan fingerprint density at radius 1 is 1.05 bits per heavy atom. The first-order valence-corrected chi connectivity index (χ1v) is 7.17. The summed E-state index contributed by atoms with van der Waals surface area (Å²) in [5.74, 6) is 0.287. The van der Waals surface area contributed by atoms with E-state index in [0.29, 0.717) is 5.90 Å². The lowest BCUT2D eigenvalue weighted by atomic mass is 10.2. The first-order valence-electron chi connectivity index (χ1n) is 6.09. The second-order valence-corrected chi connectivity index (χ2v) is 5.49. The average molecular weight is 378 g/mol. The van der Waals surface area contributed by atoms with Crippen molar-refractivity contribution in [1.29, 1.82) is 0 Å². The number of hydrazone groups is 1. The fourth-order valence-electron chi connectivity index (χ4n) is 1.87. The number of nitrogens with zero attached hydrogens (tertiary/aromatic N) is 2. The van der Waals surface area contributed by atoms with Crippen molar-refractivity contribution in [1.82, 2.24) is 0 Å². The van der Waals surface area contributed by atoms with E-state index < -0.39 is 0 Å². The third-order valence-electron chi connectivity index (χ3n) is 2.85. The minimum absolute atomic E-state index is 0.000284. The highest BCUT2D eigenvalue weighted by molar-refractivity contribution is 14.1. The second-order valence-electron chi connectivity index (χ2n) is 4.24. The number of benzene rings is 2. The van der Waals surface area contributed by atoms with Gasteiger partial charge in [-0.15, -0.1) is 5.10 Å². The number of rotatable bonds is 2. The van der Waals surface area contributed by atoms with E-state index >= 15 is 0 Å². The van der Waals surface area contributed by atoms with Gasteiger partial charge in [0.15, 0.2) is 6.61 Å². The van der Waals surface area contributed by atoms with Crippen LogP contribution in [0.25, 0.3) is 0 Å². The molecule has 3 rings (SSSR count). The van der Waals surface area contributed by atoms with Crippen LogP contribution in [-0.2, 0) is 9.53 Å². The number of anilines is 1.